The molecule has 2 atom stereocenters. The van der Waals surface area contributed by atoms with E-state index in [-0.39, 0.29) is 5.91 Å². The summed E-state index contributed by atoms with van der Waals surface area (Å²) in [6.07, 6.45) is 1.07. The number of rotatable bonds is 2. The van der Waals surface area contributed by atoms with E-state index in [1.54, 1.807) is 7.11 Å². The third-order valence-electron chi connectivity index (χ3n) is 3.71. The molecule has 18 heavy (non-hydrogen) atoms. The van der Waals surface area contributed by atoms with E-state index in [1.807, 2.05) is 23.1 Å². The summed E-state index contributed by atoms with van der Waals surface area (Å²) in [4.78, 5) is 14.5. The van der Waals surface area contributed by atoms with Crippen molar-refractivity contribution in [1.82, 2.24) is 10.2 Å². The van der Waals surface area contributed by atoms with Crippen molar-refractivity contribution in [3.63, 3.8) is 0 Å². The van der Waals surface area contributed by atoms with E-state index >= 15 is 0 Å². The number of halogens is 1. The standard InChI is InChI=1S/C13H15BrN2O2/c1-18-12-4-8(14)2-3-11(12)13(17)16-7-9-5-10(16)6-15-9/h2-4,9-10,15H,5-7H2,1H3/t9?,10-/m0/s1. The molecule has 0 saturated carbocycles. The van der Waals surface area contributed by atoms with E-state index in [1.165, 1.54) is 0 Å². The molecule has 4 nitrogen and oxygen atoms in total. The first-order chi connectivity index (χ1) is 8.69. The van der Waals surface area contributed by atoms with E-state index in [0.29, 0.717) is 23.4 Å². The zero-order valence-electron chi connectivity index (χ0n) is 10.1. The number of hydrogen-bond acceptors (Lipinski definition) is 3. The highest BCUT2D eigenvalue weighted by molar-refractivity contribution is 9.10. The van der Waals surface area contributed by atoms with Crippen molar-refractivity contribution in [2.45, 2.75) is 18.5 Å². The van der Waals surface area contributed by atoms with Crippen molar-refractivity contribution in [3.05, 3.63) is 28.2 Å². The molecule has 2 aliphatic rings. The number of nitrogens with zero attached hydrogens (tertiary/aromatic N) is 1. The van der Waals surface area contributed by atoms with Gasteiger partial charge in [0.1, 0.15) is 5.75 Å². The Labute approximate surface area is 114 Å². The fourth-order valence-corrected chi connectivity index (χ4v) is 3.15. The zero-order valence-corrected chi connectivity index (χ0v) is 11.7. The zero-order chi connectivity index (χ0) is 12.7. The topological polar surface area (TPSA) is 41.6 Å². The molecule has 0 aromatic heterocycles. The molecule has 2 aliphatic heterocycles. The molecule has 0 radical (unpaired) electrons. The number of ether oxygens (including phenoxy) is 1. The van der Waals surface area contributed by atoms with Crippen molar-refractivity contribution in [1.29, 1.82) is 0 Å². The third kappa shape index (κ3) is 1.91. The van der Waals surface area contributed by atoms with Crippen LogP contribution in [0.25, 0.3) is 0 Å². The van der Waals surface area contributed by atoms with Gasteiger partial charge < -0.3 is 15.0 Å². The number of piperazine rings is 1. The first-order valence-corrected chi connectivity index (χ1v) is 6.86. The summed E-state index contributed by atoms with van der Waals surface area (Å²) in [5.74, 6) is 0.707. The van der Waals surface area contributed by atoms with Crippen molar-refractivity contribution < 1.29 is 9.53 Å². The average Bonchev–Trinajstić information content (AvgIpc) is 3.00. The van der Waals surface area contributed by atoms with Gasteiger partial charge in [0.05, 0.1) is 12.7 Å². The molecule has 2 bridgehead atoms. The number of nitrogens with one attached hydrogen (secondary N) is 1. The Morgan fingerprint density at radius 1 is 1.56 bits per heavy atom. The molecule has 1 amide bonds. The average molecular weight is 311 g/mol. The van der Waals surface area contributed by atoms with Gasteiger partial charge in [-0.05, 0) is 24.6 Å². The third-order valence-corrected chi connectivity index (χ3v) is 4.20. The minimum absolute atomic E-state index is 0.0772. The van der Waals surface area contributed by atoms with E-state index in [4.69, 9.17) is 4.74 Å². The molecular formula is C13H15BrN2O2. The number of hydrogen-bond donors (Lipinski definition) is 1. The fraction of sp³-hybridized carbons (Fsp3) is 0.462. The van der Waals surface area contributed by atoms with Crippen molar-refractivity contribution in [2.75, 3.05) is 20.2 Å². The second kappa shape index (κ2) is 4.55. The molecule has 2 heterocycles. The number of amides is 1. The Balaban J connectivity index is 1.88. The molecule has 1 unspecified atom stereocenters. The van der Waals surface area contributed by atoms with Crippen LogP contribution < -0.4 is 10.1 Å². The van der Waals surface area contributed by atoms with Crippen LogP contribution in [-0.2, 0) is 0 Å². The molecule has 2 saturated heterocycles. The highest BCUT2D eigenvalue weighted by Gasteiger charge is 2.40. The number of fused-ring (bicyclic) bond motifs is 2. The predicted molar refractivity (Wildman–Crippen MR) is 71.9 cm³/mol. The molecule has 2 fully saturated rings. The van der Waals surface area contributed by atoms with Crippen LogP contribution in [0.2, 0.25) is 0 Å². The van der Waals surface area contributed by atoms with Crippen LogP contribution >= 0.6 is 15.9 Å². The molecule has 1 aromatic carbocycles. The number of carbonyl (C=O) groups is 1. The van der Waals surface area contributed by atoms with Crippen LogP contribution in [0.5, 0.6) is 5.75 Å². The Bertz CT molecular complexity index is 492. The summed E-state index contributed by atoms with van der Waals surface area (Å²) in [5.41, 5.74) is 0.647. The monoisotopic (exact) mass is 310 g/mol. The smallest absolute Gasteiger partial charge is 0.257 e. The van der Waals surface area contributed by atoms with Crippen molar-refractivity contribution in [2.24, 2.45) is 0 Å². The molecule has 1 N–H and O–H groups in total. The van der Waals surface area contributed by atoms with Crippen LogP contribution in [-0.4, -0.2) is 43.1 Å². The van der Waals surface area contributed by atoms with E-state index < -0.39 is 0 Å². The SMILES string of the molecule is COc1cc(Br)ccc1C(=O)N1CC2C[C@H]1CN2. The lowest BCUT2D eigenvalue weighted by atomic mass is 10.1. The van der Waals surface area contributed by atoms with Gasteiger partial charge in [0.25, 0.3) is 5.91 Å². The molecule has 0 spiro atoms. The van der Waals surface area contributed by atoms with Crippen LogP contribution in [0.15, 0.2) is 22.7 Å². The number of methoxy groups -OCH3 is 1. The summed E-state index contributed by atoms with van der Waals surface area (Å²) in [6, 6.07) is 6.35. The molecule has 5 heteroatoms. The van der Waals surface area contributed by atoms with Gasteiger partial charge in [0.15, 0.2) is 0 Å². The second-order valence-corrected chi connectivity index (χ2v) is 5.71. The predicted octanol–water partition coefficient (Wildman–Crippen LogP) is 1.64. The molecular weight excluding hydrogens is 296 g/mol. The lowest BCUT2D eigenvalue weighted by Crippen LogP contribution is -2.46. The van der Waals surface area contributed by atoms with Crippen LogP contribution in [0.4, 0.5) is 0 Å². The van der Waals surface area contributed by atoms with Gasteiger partial charge in [-0.15, -0.1) is 0 Å². The lowest BCUT2D eigenvalue weighted by molar-refractivity contribution is 0.0712. The van der Waals surface area contributed by atoms with Gasteiger partial charge in [-0.1, -0.05) is 15.9 Å². The summed E-state index contributed by atoms with van der Waals surface area (Å²) in [6.45, 7) is 1.72. The number of carbonyl (C=O) groups excluding carboxylic acids is 1. The van der Waals surface area contributed by atoms with E-state index in [2.05, 4.69) is 21.2 Å². The maximum absolute atomic E-state index is 12.5. The first kappa shape index (κ1) is 12.0. The largest absolute Gasteiger partial charge is 0.496 e. The minimum Gasteiger partial charge on any atom is -0.496 e. The van der Waals surface area contributed by atoms with Gasteiger partial charge in [-0.2, -0.15) is 0 Å². The normalized spacial score (nSPS) is 25.6. The van der Waals surface area contributed by atoms with Crippen LogP contribution in [0.1, 0.15) is 16.8 Å². The first-order valence-electron chi connectivity index (χ1n) is 6.07. The highest BCUT2D eigenvalue weighted by atomic mass is 79.9. The molecule has 0 aliphatic carbocycles. The van der Waals surface area contributed by atoms with Gasteiger partial charge in [-0.25, -0.2) is 0 Å². The van der Waals surface area contributed by atoms with Gasteiger partial charge in [0, 0.05) is 29.6 Å². The quantitative estimate of drug-likeness (QED) is 0.903. The summed E-state index contributed by atoms with van der Waals surface area (Å²) in [7, 11) is 1.59. The number of likely N-dealkylation sites (tertiary alicyclic amines) is 1. The lowest BCUT2D eigenvalue weighted by Gasteiger charge is -2.28. The molecule has 96 valence electrons. The van der Waals surface area contributed by atoms with Gasteiger partial charge in [-0.3, -0.25) is 4.79 Å². The summed E-state index contributed by atoms with van der Waals surface area (Å²) in [5, 5.41) is 3.40. The van der Waals surface area contributed by atoms with Crippen molar-refractivity contribution in [3.8, 4) is 5.75 Å². The van der Waals surface area contributed by atoms with Crippen LogP contribution in [0.3, 0.4) is 0 Å². The van der Waals surface area contributed by atoms with Crippen LogP contribution in [0, 0.1) is 0 Å². The Morgan fingerprint density at radius 2 is 2.39 bits per heavy atom. The van der Waals surface area contributed by atoms with E-state index in [9.17, 15) is 4.79 Å². The maximum atomic E-state index is 12.5. The Morgan fingerprint density at radius 3 is 3.00 bits per heavy atom. The fourth-order valence-electron chi connectivity index (χ4n) is 2.81. The van der Waals surface area contributed by atoms with E-state index in [0.717, 1.165) is 24.0 Å². The molecule has 3 rings (SSSR count). The maximum Gasteiger partial charge on any atom is 0.257 e. The minimum atomic E-state index is 0.0772. The van der Waals surface area contributed by atoms with Gasteiger partial charge in [0.2, 0.25) is 0 Å². The Kier molecular flexibility index (Phi) is 3.03. The summed E-state index contributed by atoms with van der Waals surface area (Å²) >= 11 is 3.39. The number of benzene rings is 1. The summed E-state index contributed by atoms with van der Waals surface area (Å²) < 4.78 is 6.21. The second-order valence-electron chi connectivity index (χ2n) is 4.80. The highest BCUT2D eigenvalue weighted by Crippen LogP contribution is 2.29. The van der Waals surface area contributed by atoms with Gasteiger partial charge >= 0.3 is 0 Å². The Hall–Kier alpha value is -1.07. The molecule has 1 aromatic rings. The van der Waals surface area contributed by atoms with Crippen molar-refractivity contribution >= 4 is 21.8 Å².